The summed E-state index contributed by atoms with van der Waals surface area (Å²) in [5, 5.41) is 9.82. The molecule has 0 aliphatic rings. The summed E-state index contributed by atoms with van der Waals surface area (Å²) in [5.74, 6) is -1.53. The zero-order valence-electron chi connectivity index (χ0n) is 47.0. The van der Waals surface area contributed by atoms with Crippen LogP contribution in [0.1, 0.15) is 252 Å². The number of phosphoric acid groups is 1. The Morgan fingerprint density at radius 2 is 0.703 bits per heavy atom. The lowest BCUT2D eigenvalue weighted by molar-refractivity contribution is -0.161. The quantitative estimate of drug-likeness (QED) is 0.0197. The van der Waals surface area contributed by atoms with Gasteiger partial charge < -0.3 is 24.2 Å². The molecule has 0 fully saturated rings. The van der Waals surface area contributed by atoms with Crippen molar-refractivity contribution in [3.8, 4) is 0 Å². The molecule has 3 unspecified atom stereocenters. The minimum Gasteiger partial charge on any atom is -0.462 e. The Labute approximate surface area is 451 Å². The Balaban J connectivity index is 4.78. The van der Waals surface area contributed by atoms with Crippen LogP contribution in [0.5, 0.6) is 0 Å². The largest absolute Gasteiger partial charge is 0.472 e. The summed E-state index contributed by atoms with van der Waals surface area (Å²) in [4.78, 5) is 48.6. The molecule has 0 spiro atoms. The number of carbonyl (C=O) groups is 3. The molecular formula is C62H107O11P. The number of hydrogen-bond acceptors (Lipinski definition) is 10. The van der Waals surface area contributed by atoms with Crippen LogP contribution < -0.4 is 0 Å². The maximum atomic E-state index is 12.9. The third-order valence-corrected chi connectivity index (χ3v) is 13.2. The van der Waals surface area contributed by atoms with Gasteiger partial charge in [0.15, 0.2) is 6.10 Å². The van der Waals surface area contributed by atoms with Gasteiger partial charge in [-0.2, -0.15) is 0 Å². The van der Waals surface area contributed by atoms with Crippen LogP contribution in [0.3, 0.4) is 0 Å². The van der Waals surface area contributed by atoms with Crippen LogP contribution in [0.15, 0.2) is 85.1 Å². The van der Waals surface area contributed by atoms with Gasteiger partial charge in [0, 0.05) is 19.3 Å². The van der Waals surface area contributed by atoms with Crippen LogP contribution in [-0.4, -0.2) is 66.5 Å². The van der Waals surface area contributed by atoms with Crippen LogP contribution in [-0.2, 0) is 42.2 Å². The van der Waals surface area contributed by atoms with Crippen LogP contribution >= 0.6 is 7.82 Å². The van der Waals surface area contributed by atoms with Gasteiger partial charge >= 0.3 is 25.7 Å². The van der Waals surface area contributed by atoms with Crippen molar-refractivity contribution in [2.45, 2.75) is 264 Å². The van der Waals surface area contributed by atoms with Crippen molar-refractivity contribution in [3.05, 3.63) is 85.1 Å². The van der Waals surface area contributed by atoms with E-state index in [-0.39, 0.29) is 25.9 Å². The van der Waals surface area contributed by atoms with Gasteiger partial charge in [-0.3, -0.25) is 23.4 Å². The molecule has 74 heavy (non-hydrogen) atoms. The van der Waals surface area contributed by atoms with E-state index in [0.717, 1.165) is 116 Å². The second kappa shape index (κ2) is 55.9. The van der Waals surface area contributed by atoms with Crippen molar-refractivity contribution in [3.63, 3.8) is 0 Å². The van der Waals surface area contributed by atoms with Gasteiger partial charge in [0.25, 0.3) is 0 Å². The molecule has 426 valence electrons. The first-order valence-corrected chi connectivity index (χ1v) is 31.0. The molecule has 2 N–H and O–H groups in total. The molecule has 3 atom stereocenters. The third kappa shape index (κ3) is 53.5. The fourth-order valence-corrected chi connectivity index (χ4v) is 8.57. The molecule has 0 amide bonds. The van der Waals surface area contributed by atoms with E-state index >= 15 is 0 Å². The number of rotatable bonds is 54. The molecule has 11 nitrogen and oxygen atoms in total. The van der Waals surface area contributed by atoms with Crippen LogP contribution in [0.25, 0.3) is 0 Å². The van der Waals surface area contributed by atoms with Gasteiger partial charge in [-0.15, -0.1) is 0 Å². The van der Waals surface area contributed by atoms with Crippen molar-refractivity contribution < 1.29 is 52.2 Å². The summed E-state index contributed by atoms with van der Waals surface area (Å²) in [5.41, 5.74) is 0. The second-order valence-electron chi connectivity index (χ2n) is 19.4. The van der Waals surface area contributed by atoms with Gasteiger partial charge in [-0.25, -0.2) is 4.57 Å². The molecule has 0 aliphatic heterocycles. The smallest absolute Gasteiger partial charge is 0.462 e. The average molecular weight is 1060 g/mol. The molecule has 0 rings (SSSR count). The molecule has 0 aliphatic carbocycles. The monoisotopic (exact) mass is 1060 g/mol. The minimum atomic E-state index is -4.77. The molecule has 0 aromatic rings. The zero-order chi connectivity index (χ0) is 54.1. The number of allylic oxidation sites excluding steroid dienone is 14. The van der Waals surface area contributed by atoms with Crippen molar-refractivity contribution in [2.24, 2.45) is 0 Å². The summed E-state index contributed by atoms with van der Waals surface area (Å²) in [6, 6.07) is 0. The molecule has 0 aromatic heterocycles. The van der Waals surface area contributed by atoms with Crippen molar-refractivity contribution in [1.82, 2.24) is 0 Å². The fraction of sp³-hybridized carbons (Fsp3) is 0.726. The molecule has 0 aromatic carbocycles. The second-order valence-corrected chi connectivity index (χ2v) is 20.9. The molecule has 0 heterocycles. The Morgan fingerprint density at radius 1 is 0.392 bits per heavy atom. The number of carbonyl (C=O) groups excluding carboxylic acids is 3. The predicted octanol–water partition coefficient (Wildman–Crippen LogP) is 17.5. The van der Waals surface area contributed by atoms with E-state index in [0.29, 0.717) is 19.3 Å². The molecule has 0 radical (unpaired) electrons. The van der Waals surface area contributed by atoms with E-state index in [4.69, 9.17) is 23.3 Å². The van der Waals surface area contributed by atoms with E-state index in [1.165, 1.54) is 77.0 Å². The zero-order valence-corrected chi connectivity index (χ0v) is 47.9. The van der Waals surface area contributed by atoms with Gasteiger partial charge in [0.1, 0.15) is 12.7 Å². The molecular weight excluding hydrogens is 952 g/mol. The Hall–Kier alpha value is -3.34. The highest BCUT2D eigenvalue weighted by Gasteiger charge is 2.28. The van der Waals surface area contributed by atoms with E-state index in [1.54, 1.807) is 0 Å². The van der Waals surface area contributed by atoms with Gasteiger partial charge in [-0.05, 0) is 116 Å². The fourth-order valence-electron chi connectivity index (χ4n) is 7.78. The van der Waals surface area contributed by atoms with E-state index in [9.17, 15) is 28.9 Å². The van der Waals surface area contributed by atoms with Crippen molar-refractivity contribution in [2.75, 3.05) is 26.4 Å². The SMILES string of the molecule is CC/C=C\C/C=C\C/C=C\C/C=C\CCCCC(=O)OC(COC(=O)CCCCCCCCC/C=C\C/C=C\CCCCC)COP(=O)(O)OCC(CO)OC(=O)CCCCCCC/C=C\CCCCCCCC. The first-order chi connectivity index (χ1) is 36.2. The highest BCUT2D eigenvalue weighted by Crippen LogP contribution is 2.43. The standard InChI is InChI=1S/C62H107O11P/c1-4-7-10-13-16-19-22-25-28-29-32-33-36-39-42-45-48-51-60(64)69-55-59(73-62(66)53-50-47-44-41-38-35-31-27-24-21-18-15-12-9-6-3)57-71-74(67,68)70-56-58(54-63)72-61(65)52-49-46-43-40-37-34-30-26-23-20-17-14-11-8-5-2/h9,12,16,18-19,21,25-28,30-31,38,41,58-59,63H,4-8,10-11,13-15,17,20,22-24,29,32-37,39-40,42-57H2,1-3H3,(H,67,68)/b12-9-,19-16-,21-18-,28-25-,30-26-,31-27-,41-38-. The van der Waals surface area contributed by atoms with E-state index in [1.807, 2.05) is 0 Å². The number of unbranched alkanes of at least 4 members (excludes halogenated alkanes) is 23. The normalized spacial score (nSPS) is 14.0. The summed E-state index contributed by atoms with van der Waals surface area (Å²) in [6.07, 6.45) is 64.0. The number of hydrogen-bond donors (Lipinski definition) is 2. The number of aliphatic hydroxyl groups excluding tert-OH is 1. The average Bonchev–Trinajstić information content (AvgIpc) is 3.39. The molecule has 0 bridgehead atoms. The number of aliphatic hydroxyl groups is 1. The lowest BCUT2D eigenvalue weighted by atomic mass is 10.1. The lowest BCUT2D eigenvalue weighted by Gasteiger charge is -2.21. The summed E-state index contributed by atoms with van der Waals surface area (Å²) < 4.78 is 39.5. The first-order valence-electron chi connectivity index (χ1n) is 29.5. The van der Waals surface area contributed by atoms with Crippen molar-refractivity contribution >= 4 is 25.7 Å². The molecule has 0 saturated heterocycles. The van der Waals surface area contributed by atoms with Crippen LogP contribution in [0, 0.1) is 0 Å². The molecule has 12 heteroatoms. The third-order valence-electron chi connectivity index (χ3n) is 12.3. The highest BCUT2D eigenvalue weighted by atomic mass is 31.2. The first kappa shape index (κ1) is 70.7. The highest BCUT2D eigenvalue weighted by molar-refractivity contribution is 7.47. The topological polar surface area (TPSA) is 155 Å². The Kier molecular flexibility index (Phi) is 53.4. The minimum absolute atomic E-state index is 0.110. The van der Waals surface area contributed by atoms with E-state index < -0.39 is 57.8 Å². The summed E-state index contributed by atoms with van der Waals surface area (Å²) >= 11 is 0. The van der Waals surface area contributed by atoms with Crippen molar-refractivity contribution in [1.29, 1.82) is 0 Å². The lowest BCUT2D eigenvalue weighted by Crippen LogP contribution is -2.30. The predicted molar refractivity (Wildman–Crippen MR) is 307 cm³/mol. The summed E-state index contributed by atoms with van der Waals surface area (Å²) in [7, 11) is -4.77. The number of phosphoric ester groups is 1. The Morgan fingerprint density at radius 3 is 1.15 bits per heavy atom. The van der Waals surface area contributed by atoms with Gasteiger partial charge in [-0.1, -0.05) is 202 Å². The number of ether oxygens (including phenoxy) is 3. The maximum absolute atomic E-state index is 12.9. The summed E-state index contributed by atoms with van der Waals surface area (Å²) in [6.45, 7) is 4.44. The number of esters is 3. The van der Waals surface area contributed by atoms with Gasteiger partial charge in [0.2, 0.25) is 0 Å². The van der Waals surface area contributed by atoms with E-state index in [2.05, 4.69) is 106 Å². The Bertz CT molecular complexity index is 1560. The molecule has 0 saturated carbocycles. The maximum Gasteiger partial charge on any atom is 0.472 e. The van der Waals surface area contributed by atoms with Crippen LogP contribution in [0.2, 0.25) is 0 Å². The van der Waals surface area contributed by atoms with Gasteiger partial charge in [0.05, 0.1) is 19.8 Å². The van der Waals surface area contributed by atoms with Crippen LogP contribution in [0.4, 0.5) is 0 Å².